The summed E-state index contributed by atoms with van der Waals surface area (Å²) in [5.41, 5.74) is 2.60. The standard InChI is InChI=1S/C17H16ClFO/c18-15-9-8-12(10-16(15)19)17(20)14-7-2-1-6-13(14)11-4-3-5-11/h1-2,6-11,17,20H,3-5H2. The van der Waals surface area contributed by atoms with E-state index >= 15 is 0 Å². The summed E-state index contributed by atoms with van der Waals surface area (Å²) in [6, 6.07) is 12.4. The molecule has 20 heavy (non-hydrogen) atoms. The molecule has 3 rings (SSSR count). The zero-order valence-corrected chi connectivity index (χ0v) is 11.8. The molecule has 0 heterocycles. The van der Waals surface area contributed by atoms with Crippen LogP contribution in [0.5, 0.6) is 0 Å². The molecule has 0 radical (unpaired) electrons. The molecule has 0 saturated heterocycles. The third-order valence-corrected chi connectivity index (χ3v) is 4.40. The topological polar surface area (TPSA) is 20.2 Å². The Kier molecular flexibility index (Phi) is 3.77. The van der Waals surface area contributed by atoms with Gasteiger partial charge in [0.2, 0.25) is 0 Å². The monoisotopic (exact) mass is 290 g/mol. The number of rotatable bonds is 3. The van der Waals surface area contributed by atoms with Gasteiger partial charge >= 0.3 is 0 Å². The van der Waals surface area contributed by atoms with Crippen LogP contribution in [0.1, 0.15) is 48.0 Å². The van der Waals surface area contributed by atoms with Crippen LogP contribution in [-0.4, -0.2) is 5.11 Å². The highest BCUT2D eigenvalue weighted by Gasteiger charge is 2.25. The Labute approximate surface area is 123 Å². The van der Waals surface area contributed by atoms with Gasteiger partial charge in [-0.15, -0.1) is 0 Å². The molecule has 2 aromatic carbocycles. The Bertz CT molecular complexity index is 622. The Morgan fingerprint density at radius 2 is 1.90 bits per heavy atom. The maximum atomic E-state index is 13.5. The van der Waals surface area contributed by atoms with Crippen molar-refractivity contribution in [2.24, 2.45) is 0 Å². The van der Waals surface area contributed by atoms with E-state index in [0.29, 0.717) is 11.5 Å². The van der Waals surface area contributed by atoms with E-state index in [1.54, 1.807) is 6.07 Å². The molecule has 104 valence electrons. The van der Waals surface area contributed by atoms with Crippen LogP contribution in [0.4, 0.5) is 4.39 Å². The molecule has 1 fully saturated rings. The summed E-state index contributed by atoms with van der Waals surface area (Å²) < 4.78 is 13.5. The summed E-state index contributed by atoms with van der Waals surface area (Å²) >= 11 is 5.69. The molecule has 0 amide bonds. The predicted octanol–water partition coefficient (Wildman–Crippen LogP) is 4.83. The molecule has 0 bridgehead atoms. The van der Waals surface area contributed by atoms with Gasteiger partial charge in [-0.1, -0.05) is 48.4 Å². The molecule has 1 aliphatic carbocycles. The molecular formula is C17H16ClFO. The van der Waals surface area contributed by atoms with Crippen molar-refractivity contribution >= 4 is 11.6 Å². The first-order valence-electron chi connectivity index (χ1n) is 6.88. The van der Waals surface area contributed by atoms with Crippen LogP contribution < -0.4 is 0 Å². The fraction of sp³-hybridized carbons (Fsp3) is 0.294. The van der Waals surface area contributed by atoms with Crippen molar-refractivity contribution in [1.82, 2.24) is 0 Å². The first-order chi connectivity index (χ1) is 9.66. The Morgan fingerprint density at radius 3 is 2.55 bits per heavy atom. The van der Waals surface area contributed by atoms with Crippen molar-refractivity contribution in [2.45, 2.75) is 31.3 Å². The van der Waals surface area contributed by atoms with Crippen molar-refractivity contribution in [3.8, 4) is 0 Å². The van der Waals surface area contributed by atoms with Gasteiger partial charge < -0.3 is 5.11 Å². The molecule has 0 aromatic heterocycles. The van der Waals surface area contributed by atoms with Gasteiger partial charge in [-0.2, -0.15) is 0 Å². The molecular weight excluding hydrogens is 275 g/mol. The Balaban J connectivity index is 1.97. The SMILES string of the molecule is OC(c1ccc(Cl)c(F)c1)c1ccccc1C1CCC1. The van der Waals surface area contributed by atoms with Crippen molar-refractivity contribution in [3.63, 3.8) is 0 Å². The maximum Gasteiger partial charge on any atom is 0.142 e. The van der Waals surface area contributed by atoms with Gasteiger partial charge in [0.05, 0.1) is 5.02 Å². The van der Waals surface area contributed by atoms with Crippen molar-refractivity contribution in [1.29, 1.82) is 0 Å². The second-order valence-electron chi connectivity index (χ2n) is 5.33. The van der Waals surface area contributed by atoms with E-state index < -0.39 is 11.9 Å². The van der Waals surface area contributed by atoms with Crippen LogP contribution in [0.15, 0.2) is 42.5 Å². The van der Waals surface area contributed by atoms with E-state index in [-0.39, 0.29) is 5.02 Å². The highest BCUT2D eigenvalue weighted by atomic mass is 35.5. The average Bonchev–Trinajstić information content (AvgIpc) is 2.40. The molecule has 2 aromatic rings. The van der Waals surface area contributed by atoms with E-state index in [2.05, 4.69) is 6.07 Å². The Hall–Kier alpha value is -1.38. The minimum Gasteiger partial charge on any atom is -0.384 e. The quantitative estimate of drug-likeness (QED) is 0.858. The van der Waals surface area contributed by atoms with E-state index in [1.165, 1.54) is 37.0 Å². The second kappa shape index (κ2) is 5.55. The van der Waals surface area contributed by atoms with Crippen LogP contribution in [0, 0.1) is 5.82 Å². The van der Waals surface area contributed by atoms with Gasteiger partial charge in [-0.25, -0.2) is 4.39 Å². The summed E-state index contributed by atoms with van der Waals surface area (Å²) in [5.74, 6) is 0.0299. The molecule has 1 N–H and O–H groups in total. The van der Waals surface area contributed by atoms with Crippen molar-refractivity contribution in [2.75, 3.05) is 0 Å². The predicted molar refractivity (Wildman–Crippen MR) is 78.5 cm³/mol. The summed E-state index contributed by atoms with van der Waals surface area (Å²) in [7, 11) is 0. The minimum absolute atomic E-state index is 0.0771. The number of halogens is 2. The highest BCUT2D eigenvalue weighted by molar-refractivity contribution is 6.30. The van der Waals surface area contributed by atoms with Gasteiger partial charge in [0.15, 0.2) is 0 Å². The highest BCUT2D eigenvalue weighted by Crippen LogP contribution is 2.40. The maximum absolute atomic E-state index is 13.5. The fourth-order valence-electron chi connectivity index (χ4n) is 2.71. The lowest BCUT2D eigenvalue weighted by atomic mass is 9.77. The van der Waals surface area contributed by atoms with Gasteiger partial charge in [-0.05, 0) is 47.6 Å². The summed E-state index contributed by atoms with van der Waals surface area (Å²) in [4.78, 5) is 0. The average molecular weight is 291 g/mol. The van der Waals surface area contributed by atoms with Crippen LogP contribution in [-0.2, 0) is 0 Å². The van der Waals surface area contributed by atoms with Gasteiger partial charge in [-0.3, -0.25) is 0 Å². The van der Waals surface area contributed by atoms with Crippen LogP contribution >= 0.6 is 11.6 Å². The minimum atomic E-state index is -0.807. The number of hydrogen-bond acceptors (Lipinski definition) is 1. The molecule has 1 aliphatic rings. The number of aliphatic hydroxyl groups is 1. The Morgan fingerprint density at radius 1 is 1.15 bits per heavy atom. The summed E-state index contributed by atoms with van der Waals surface area (Å²) in [5, 5.41) is 10.6. The zero-order chi connectivity index (χ0) is 14.1. The lowest BCUT2D eigenvalue weighted by Crippen LogP contribution is -2.13. The zero-order valence-electron chi connectivity index (χ0n) is 11.0. The molecule has 0 spiro atoms. The van der Waals surface area contributed by atoms with Gasteiger partial charge in [0, 0.05) is 0 Å². The smallest absolute Gasteiger partial charge is 0.142 e. The van der Waals surface area contributed by atoms with E-state index in [4.69, 9.17) is 11.6 Å². The van der Waals surface area contributed by atoms with Gasteiger partial charge in [0.25, 0.3) is 0 Å². The summed E-state index contributed by atoms with van der Waals surface area (Å²) in [6.45, 7) is 0. The van der Waals surface area contributed by atoms with Crippen LogP contribution in [0.2, 0.25) is 5.02 Å². The van der Waals surface area contributed by atoms with Crippen molar-refractivity contribution < 1.29 is 9.50 Å². The van der Waals surface area contributed by atoms with Crippen molar-refractivity contribution in [3.05, 3.63) is 70.0 Å². The fourth-order valence-corrected chi connectivity index (χ4v) is 2.83. The molecule has 1 unspecified atom stereocenters. The first kappa shape index (κ1) is 13.6. The normalized spacial score (nSPS) is 16.8. The lowest BCUT2D eigenvalue weighted by Gasteiger charge is -2.29. The third-order valence-electron chi connectivity index (χ3n) is 4.09. The van der Waals surface area contributed by atoms with E-state index in [1.807, 2.05) is 18.2 Å². The number of hydrogen-bond donors (Lipinski definition) is 1. The summed E-state index contributed by atoms with van der Waals surface area (Å²) in [6.07, 6.45) is 2.76. The number of benzene rings is 2. The number of aliphatic hydroxyl groups excluding tert-OH is 1. The first-order valence-corrected chi connectivity index (χ1v) is 7.26. The third kappa shape index (κ3) is 2.46. The second-order valence-corrected chi connectivity index (χ2v) is 5.74. The largest absolute Gasteiger partial charge is 0.384 e. The molecule has 1 atom stereocenters. The lowest BCUT2D eigenvalue weighted by molar-refractivity contribution is 0.216. The van der Waals surface area contributed by atoms with E-state index in [9.17, 15) is 9.50 Å². The molecule has 1 nitrogen and oxygen atoms in total. The van der Waals surface area contributed by atoms with Gasteiger partial charge in [0.1, 0.15) is 11.9 Å². The molecule has 3 heteroatoms. The molecule has 0 aliphatic heterocycles. The van der Waals surface area contributed by atoms with Crippen LogP contribution in [0.3, 0.4) is 0 Å². The van der Waals surface area contributed by atoms with Crippen LogP contribution in [0.25, 0.3) is 0 Å². The molecule has 1 saturated carbocycles. The van der Waals surface area contributed by atoms with E-state index in [0.717, 1.165) is 5.56 Å².